The summed E-state index contributed by atoms with van der Waals surface area (Å²) in [5.74, 6) is 0.167. The van der Waals surface area contributed by atoms with Gasteiger partial charge in [0, 0.05) is 27.9 Å². The molecule has 1 amide bonds. The van der Waals surface area contributed by atoms with Crippen molar-refractivity contribution in [3.8, 4) is 0 Å². The van der Waals surface area contributed by atoms with Crippen LogP contribution in [-0.2, 0) is 4.79 Å². The van der Waals surface area contributed by atoms with E-state index in [0.29, 0.717) is 18.7 Å². The summed E-state index contributed by atoms with van der Waals surface area (Å²) in [6.07, 6.45) is 0.439. The molecule has 1 heterocycles. The Morgan fingerprint density at radius 2 is 2.28 bits per heavy atom. The summed E-state index contributed by atoms with van der Waals surface area (Å²) in [5.41, 5.74) is 0.388. The maximum atomic E-state index is 11.9. The van der Waals surface area contributed by atoms with E-state index in [1.807, 2.05) is 22.6 Å². The number of carbonyl (C=O) groups excluding carboxylic acids is 1. The third-order valence-corrected chi connectivity index (χ3v) is 4.43. The van der Waals surface area contributed by atoms with Gasteiger partial charge < -0.3 is 4.90 Å². The fourth-order valence-electron chi connectivity index (χ4n) is 1.99. The number of hydrogen-bond acceptors (Lipinski definition) is 3. The number of alkyl halides is 1. The molecule has 1 saturated heterocycles. The molecule has 96 valence electrons. The Balaban J connectivity index is 2.39. The maximum absolute atomic E-state index is 11.9. The van der Waals surface area contributed by atoms with Crippen LogP contribution in [0.25, 0.3) is 0 Å². The molecule has 5 nitrogen and oxygen atoms in total. The first-order valence-electron chi connectivity index (χ1n) is 5.33. The maximum Gasteiger partial charge on any atom is 0.294 e. The van der Waals surface area contributed by atoms with Gasteiger partial charge in [-0.2, -0.15) is 0 Å². The molecule has 0 spiro atoms. The highest BCUT2D eigenvalue weighted by molar-refractivity contribution is 14.1. The number of nitro benzene ring substituents is 1. The fourth-order valence-corrected chi connectivity index (χ4v) is 2.90. The number of benzene rings is 1. The van der Waals surface area contributed by atoms with Crippen LogP contribution in [0.3, 0.4) is 0 Å². The summed E-state index contributed by atoms with van der Waals surface area (Å²) in [6.45, 7) is 0.533. The Bertz CT molecular complexity index is 509. The first-order valence-corrected chi connectivity index (χ1v) is 7.53. The Hall–Kier alpha value is -0.700. The van der Waals surface area contributed by atoms with Crippen molar-refractivity contribution >= 4 is 55.8 Å². The Morgan fingerprint density at radius 3 is 2.83 bits per heavy atom. The van der Waals surface area contributed by atoms with Crippen LogP contribution in [-0.4, -0.2) is 22.7 Å². The largest absolute Gasteiger partial charge is 0.306 e. The van der Waals surface area contributed by atoms with Crippen molar-refractivity contribution < 1.29 is 9.72 Å². The van der Waals surface area contributed by atoms with E-state index < -0.39 is 4.92 Å². The van der Waals surface area contributed by atoms with E-state index >= 15 is 0 Å². The highest BCUT2D eigenvalue weighted by Gasteiger charge is 2.33. The minimum atomic E-state index is -0.438. The topological polar surface area (TPSA) is 63.5 Å². The second-order valence-electron chi connectivity index (χ2n) is 4.12. The van der Waals surface area contributed by atoms with Crippen molar-refractivity contribution in [2.45, 2.75) is 6.42 Å². The lowest BCUT2D eigenvalue weighted by molar-refractivity contribution is -0.384. The molecule has 0 N–H and O–H groups in total. The summed E-state index contributed by atoms with van der Waals surface area (Å²) in [4.78, 5) is 24.0. The quantitative estimate of drug-likeness (QED) is 0.324. The second kappa shape index (κ2) is 5.52. The van der Waals surface area contributed by atoms with Crippen LogP contribution in [0.2, 0.25) is 0 Å². The summed E-state index contributed by atoms with van der Waals surface area (Å²) < 4.78 is 0.784. The lowest BCUT2D eigenvalue weighted by Gasteiger charge is -2.16. The van der Waals surface area contributed by atoms with E-state index in [-0.39, 0.29) is 17.5 Å². The number of amides is 1. The SMILES string of the molecule is O=C1CC(CBr)CN1c1ccc(I)cc1[N+](=O)[O-]. The van der Waals surface area contributed by atoms with E-state index in [1.54, 1.807) is 12.1 Å². The third kappa shape index (κ3) is 2.66. The lowest BCUT2D eigenvalue weighted by atomic mass is 10.2. The molecular formula is C11H10BrIN2O3. The second-order valence-corrected chi connectivity index (χ2v) is 6.01. The first-order chi connectivity index (χ1) is 8.52. The zero-order valence-electron chi connectivity index (χ0n) is 9.31. The Kier molecular flexibility index (Phi) is 4.21. The first kappa shape index (κ1) is 13.7. The number of rotatable bonds is 3. The molecule has 0 aromatic heterocycles. The van der Waals surface area contributed by atoms with Crippen molar-refractivity contribution in [2.24, 2.45) is 5.92 Å². The zero-order valence-corrected chi connectivity index (χ0v) is 13.0. The minimum Gasteiger partial charge on any atom is -0.306 e. The molecule has 1 aliphatic rings. The summed E-state index contributed by atoms with van der Waals surface area (Å²) in [5, 5.41) is 11.8. The predicted octanol–water partition coefficient (Wildman–Crippen LogP) is 2.95. The van der Waals surface area contributed by atoms with Gasteiger partial charge >= 0.3 is 0 Å². The number of anilines is 1. The number of hydrogen-bond donors (Lipinski definition) is 0. The van der Waals surface area contributed by atoms with Gasteiger partial charge in [0.2, 0.25) is 5.91 Å². The van der Waals surface area contributed by atoms with E-state index in [9.17, 15) is 14.9 Å². The van der Waals surface area contributed by atoms with Crippen molar-refractivity contribution in [2.75, 3.05) is 16.8 Å². The highest BCUT2D eigenvalue weighted by Crippen LogP contribution is 2.34. The zero-order chi connectivity index (χ0) is 13.3. The summed E-state index contributed by atoms with van der Waals surface area (Å²) >= 11 is 5.37. The predicted molar refractivity (Wildman–Crippen MR) is 80.1 cm³/mol. The van der Waals surface area contributed by atoms with Crippen LogP contribution in [0.5, 0.6) is 0 Å². The molecule has 1 unspecified atom stereocenters. The van der Waals surface area contributed by atoms with Crippen molar-refractivity contribution in [1.29, 1.82) is 0 Å². The molecule has 1 aromatic rings. The summed E-state index contributed by atoms with van der Waals surface area (Å²) in [6, 6.07) is 4.91. The molecule has 1 fully saturated rings. The monoisotopic (exact) mass is 424 g/mol. The van der Waals surface area contributed by atoms with Gasteiger partial charge in [-0.15, -0.1) is 0 Å². The Morgan fingerprint density at radius 1 is 1.56 bits per heavy atom. The molecule has 2 rings (SSSR count). The number of nitro groups is 1. The van der Waals surface area contributed by atoms with E-state index in [1.165, 1.54) is 11.0 Å². The van der Waals surface area contributed by atoms with Gasteiger partial charge in [0.1, 0.15) is 5.69 Å². The lowest BCUT2D eigenvalue weighted by Crippen LogP contribution is -2.25. The molecule has 1 aromatic carbocycles. The Labute approximate surface area is 126 Å². The van der Waals surface area contributed by atoms with E-state index in [2.05, 4.69) is 15.9 Å². The van der Waals surface area contributed by atoms with Crippen LogP contribution in [0.4, 0.5) is 11.4 Å². The normalized spacial score (nSPS) is 19.3. The standard InChI is InChI=1S/C11H10BrIN2O3/c12-5-7-3-11(16)14(6-7)9-2-1-8(13)4-10(9)15(17)18/h1-2,4,7H,3,5-6H2. The molecule has 0 radical (unpaired) electrons. The molecule has 1 aliphatic heterocycles. The van der Waals surface area contributed by atoms with Crippen LogP contribution >= 0.6 is 38.5 Å². The molecule has 0 saturated carbocycles. The van der Waals surface area contributed by atoms with E-state index in [0.717, 1.165) is 8.90 Å². The molecule has 0 bridgehead atoms. The average molecular weight is 425 g/mol. The fraction of sp³-hybridized carbons (Fsp3) is 0.364. The van der Waals surface area contributed by atoms with Crippen LogP contribution < -0.4 is 4.90 Å². The third-order valence-electron chi connectivity index (χ3n) is 2.85. The van der Waals surface area contributed by atoms with Gasteiger partial charge in [-0.05, 0) is 40.6 Å². The van der Waals surface area contributed by atoms with Crippen molar-refractivity contribution in [1.82, 2.24) is 0 Å². The minimum absolute atomic E-state index is 0.00882. The van der Waals surface area contributed by atoms with Gasteiger partial charge in [0.15, 0.2) is 0 Å². The molecule has 0 aliphatic carbocycles. The van der Waals surface area contributed by atoms with Crippen LogP contribution in [0.15, 0.2) is 18.2 Å². The number of carbonyl (C=O) groups is 1. The van der Waals surface area contributed by atoms with Crippen LogP contribution in [0, 0.1) is 19.6 Å². The molecule has 18 heavy (non-hydrogen) atoms. The molecule has 1 atom stereocenters. The molecule has 7 heteroatoms. The summed E-state index contributed by atoms with van der Waals surface area (Å²) in [7, 11) is 0. The van der Waals surface area contributed by atoms with Gasteiger partial charge in [-0.3, -0.25) is 14.9 Å². The number of nitrogens with zero attached hydrogens (tertiary/aromatic N) is 2. The molecular weight excluding hydrogens is 415 g/mol. The van der Waals surface area contributed by atoms with Gasteiger partial charge in [0.05, 0.1) is 4.92 Å². The van der Waals surface area contributed by atoms with Crippen molar-refractivity contribution in [3.05, 3.63) is 31.9 Å². The smallest absolute Gasteiger partial charge is 0.294 e. The van der Waals surface area contributed by atoms with E-state index in [4.69, 9.17) is 0 Å². The van der Waals surface area contributed by atoms with Crippen molar-refractivity contribution in [3.63, 3.8) is 0 Å². The van der Waals surface area contributed by atoms with Gasteiger partial charge in [0.25, 0.3) is 5.69 Å². The van der Waals surface area contributed by atoms with Crippen LogP contribution in [0.1, 0.15) is 6.42 Å². The number of halogens is 2. The van der Waals surface area contributed by atoms with Gasteiger partial charge in [-0.25, -0.2) is 0 Å². The highest BCUT2D eigenvalue weighted by atomic mass is 127. The van der Waals surface area contributed by atoms with Gasteiger partial charge in [-0.1, -0.05) is 15.9 Å². The average Bonchev–Trinajstić information content (AvgIpc) is 2.70.